The number of nitrogens with zero attached hydrogens (tertiary/aromatic N) is 5. The minimum Gasteiger partial charge on any atom is -0.339 e. The van der Waals surface area contributed by atoms with Crippen molar-refractivity contribution >= 4 is 29.1 Å². The molecule has 36 heavy (non-hydrogen) atoms. The highest BCUT2D eigenvalue weighted by Crippen LogP contribution is 2.28. The first kappa shape index (κ1) is 23.4. The Morgan fingerprint density at radius 1 is 1.19 bits per heavy atom. The fraction of sp³-hybridized carbons (Fsp3) is 0.200. The van der Waals surface area contributed by atoms with Crippen molar-refractivity contribution in [3.63, 3.8) is 0 Å². The molecule has 10 nitrogen and oxygen atoms in total. The van der Waals surface area contributed by atoms with E-state index in [0.717, 1.165) is 18.4 Å². The zero-order valence-electron chi connectivity index (χ0n) is 19.1. The Morgan fingerprint density at radius 2 is 2.03 bits per heavy atom. The molecule has 1 unspecified atom stereocenters. The van der Waals surface area contributed by atoms with Crippen LogP contribution in [0.5, 0.6) is 0 Å². The van der Waals surface area contributed by atoms with Crippen molar-refractivity contribution in [3.05, 3.63) is 77.9 Å². The molecule has 0 radical (unpaired) electrons. The Balaban J connectivity index is 1.25. The van der Waals surface area contributed by atoms with Gasteiger partial charge in [-0.05, 0) is 55.3 Å². The Hall–Kier alpha value is -4.31. The van der Waals surface area contributed by atoms with Gasteiger partial charge in [0.2, 0.25) is 17.6 Å². The summed E-state index contributed by atoms with van der Waals surface area (Å²) >= 11 is 6.10. The minimum absolute atomic E-state index is 0.0117. The van der Waals surface area contributed by atoms with Crippen LogP contribution in [-0.4, -0.2) is 55.1 Å². The topological polar surface area (TPSA) is 130 Å². The van der Waals surface area contributed by atoms with Crippen LogP contribution < -0.4 is 5.32 Å². The third-order valence-electron chi connectivity index (χ3n) is 5.93. The number of hydrogen-bond acceptors (Lipinski definition) is 7. The molecular weight excluding hydrogens is 482 g/mol. The van der Waals surface area contributed by atoms with E-state index in [1.807, 2.05) is 0 Å². The van der Waals surface area contributed by atoms with E-state index in [0.29, 0.717) is 46.9 Å². The van der Waals surface area contributed by atoms with Crippen molar-refractivity contribution in [1.29, 1.82) is 0 Å². The molecule has 0 saturated carbocycles. The quantitative estimate of drug-likeness (QED) is 0.375. The number of amides is 2. The third-order valence-corrected chi connectivity index (χ3v) is 6.22. The number of piperidine rings is 1. The molecule has 2 N–H and O–H groups in total. The second-order valence-corrected chi connectivity index (χ2v) is 8.72. The molecule has 1 aliphatic heterocycles. The highest BCUT2D eigenvalue weighted by molar-refractivity contribution is 6.32. The monoisotopic (exact) mass is 503 g/mol. The second kappa shape index (κ2) is 10.1. The number of carbonyl (C=O) groups is 2. The van der Waals surface area contributed by atoms with Gasteiger partial charge >= 0.3 is 0 Å². The smallest absolute Gasteiger partial charge is 0.274 e. The van der Waals surface area contributed by atoms with Crippen LogP contribution in [0.2, 0.25) is 5.02 Å². The van der Waals surface area contributed by atoms with Crippen molar-refractivity contribution in [2.75, 3.05) is 18.4 Å². The minimum atomic E-state index is -0.363. The van der Waals surface area contributed by atoms with E-state index in [-0.39, 0.29) is 23.4 Å². The number of benzene rings is 1. The predicted octanol–water partition coefficient (Wildman–Crippen LogP) is 4.32. The largest absolute Gasteiger partial charge is 0.339 e. The summed E-state index contributed by atoms with van der Waals surface area (Å²) in [6, 6.07) is 12.2. The summed E-state index contributed by atoms with van der Waals surface area (Å²) in [7, 11) is 0. The number of halogens is 1. The van der Waals surface area contributed by atoms with Gasteiger partial charge in [-0.2, -0.15) is 10.1 Å². The highest BCUT2D eigenvalue weighted by atomic mass is 35.5. The lowest BCUT2D eigenvalue weighted by molar-refractivity contribution is -0.127. The number of hydrogen-bond donors (Lipinski definition) is 2. The number of H-pyrrole nitrogens is 1. The normalized spacial score (nSPS) is 15.5. The third kappa shape index (κ3) is 4.89. The Kier molecular flexibility index (Phi) is 6.59. The molecule has 4 aromatic rings. The summed E-state index contributed by atoms with van der Waals surface area (Å²) in [6.45, 7) is 4.78. The van der Waals surface area contributed by atoms with Gasteiger partial charge in [-0.25, -0.2) is 4.98 Å². The molecule has 1 fully saturated rings. The van der Waals surface area contributed by atoms with Crippen LogP contribution in [-0.2, 0) is 4.79 Å². The van der Waals surface area contributed by atoms with Gasteiger partial charge < -0.3 is 14.7 Å². The van der Waals surface area contributed by atoms with Crippen molar-refractivity contribution in [2.45, 2.75) is 18.8 Å². The number of aromatic amines is 1. The van der Waals surface area contributed by atoms with Gasteiger partial charge in [0.05, 0.1) is 22.8 Å². The Labute approximate surface area is 211 Å². The maximum Gasteiger partial charge on any atom is 0.274 e. The lowest BCUT2D eigenvalue weighted by Crippen LogP contribution is -2.38. The lowest BCUT2D eigenvalue weighted by atomic mass is 9.98. The zero-order valence-corrected chi connectivity index (χ0v) is 19.9. The molecule has 11 heteroatoms. The van der Waals surface area contributed by atoms with Gasteiger partial charge in [0.15, 0.2) is 0 Å². The maximum atomic E-state index is 12.7. The van der Waals surface area contributed by atoms with Gasteiger partial charge in [-0.1, -0.05) is 29.4 Å². The van der Waals surface area contributed by atoms with Gasteiger partial charge in [-0.15, -0.1) is 0 Å². The first-order valence-corrected chi connectivity index (χ1v) is 11.7. The molecule has 1 aliphatic rings. The second-order valence-electron chi connectivity index (χ2n) is 8.32. The lowest BCUT2D eigenvalue weighted by Gasteiger charge is -2.30. The fourth-order valence-corrected chi connectivity index (χ4v) is 4.26. The van der Waals surface area contributed by atoms with E-state index in [4.69, 9.17) is 16.1 Å². The SMILES string of the molecule is C=CC(=O)N1CCCC(c2nc(-c3ccc(NC(=O)c4cccc(-c5[nH]ncc5Cl)n4)cc3)no2)C1. The fourth-order valence-electron chi connectivity index (χ4n) is 4.08. The summed E-state index contributed by atoms with van der Waals surface area (Å²) in [6.07, 6.45) is 4.54. The molecule has 3 aromatic heterocycles. The van der Waals surface area contributed by atoms with Gasteiger partial charge in [0.1, 0.15) is 11.4 Å². The van der Waals surface area contributed by atoms with Gasteiger partial charge in [0.25, 0.3) is 5.91 Å². The van der Waals surface area contributed by atoms with Crippen LogP contribution in [0.4, 0.5) is 5.69 Å². The van der Waals surface area contributed by atoms with E-state index < -0.39 is 0 Å². The van der Waals surface area contributed by atoms with Crippen LogP contribution in [0.25, 0.3) is 22.8 Å². The van der Waals surface area contributed by atoms with Crippen LogP contribution in [0.1, 0.15) is 35.1 Å². The van der Waals surface area contributed by atoms with E-state index >= 15 is 0 Å². The Morgan fingerprint density at radius 3 is 2.78 bits per heavy atom. The maximum absolute atomic E-state index is 12.7. The summed E-state index contributed by atoms with van der Waals surface area (Å²) in [4.78, 5) is 35.4. The molecule has 1 atom stereocenters. The van der Waals surface area contributed by atoms with Gasteiger partial charge in [0, 0.05) is 24.3 Å². The molecule has 1 saturated heterocycles. The molecule has 4 heterocycles. The summed E-state index contributed by atoms with van der Waals surface area (Å²) in [5.74, 6) is 0.484. The number of anilines is 1. The molecule has 0 spiro atoms. The van der Waals surface area contributed by atoms with E-state index in [9.17, 15) is 9.59 Å². The molecule has 2 amide bonds. The average molecular weight is 504 g/mol. The van der Waals surface area contributed by atoms with Crippen LogP contribution >= 0.6 is 11.6 Å². The number of carbonyl (C=O) groups excluding carboxylic acids is 2. The van der Waals surface area contributed by atoms with E-state index in [1.54, 1.807) is 47.4 Å². The van der Waals surface area contributed by atoms with Crippen LogP contribution in [0, 0.1) is 0 Å². The molecule has 182 valence electrons. The van der Waals surface area contributed by atoms with Crippen molar-refractivity contribution < 1.29 is 14.1 Å². The highest BCUT2D eigenvalue weighted by Gasteiger charge is 2.27. The predicted molar refractivity (Wildman–Crippen MR) is 133 cm³/mol. The van der Waals surface area contributed by atoms with Gasteiger partial charge in [-0.3, -0.25) is 14.7 Å². The average Bonchev–Trinajstić information content (AvgIpc) is 3.58. The molecule has 1 aromatic carbocycles. The summed E-state index contributed by atoms with van der Waals surface area (Å²) in [5.41, 5.74) is 2.63. The molecule has 0 bridgehead atoms. The number of rotatable bonds is 6. The van der Waals surface area contributed by atoms with Crippen molar-refractivity contribution in [2.24, 2.45) is 0 Å². The van der Waals surface area contributed by atoms with Crippen molar-refractivity contribution in [1.82, 2.24) is 30.2 Å². The molecule has 5 rings (SSSR count). The van der Waals surface area contributed by atoms with Crippen LogP contribution in [0.15, 0.2) is 65.8 Å². The summed E-state index contributed by atoms with van der Waals surface area (Å²) < 4.78 is 5.50. The van der Waals surface area contributed by atoms with Crippen molar-refractivity contribution in [3.8, 4) is 22.8 Å². The Bertz CT molecular complexity index is 1410. The molecular formula is C25H22ClN7O3. The number of likely N-dealkylation sites (tertiary alicyclic amines) is 1. The number of pyridine rings is 1. The summed E-state index contributed by atoms with van der Waals surface area (Å²) in [5, 5.41) is 14.0. The number of aromatic nitrogens is 5. The van der Waals surface area contributed by atoms with E-state index in [1.165, 1.54) is 12.3 Å². The number of nitrogens with one attached hydrogen (secondary N) is 2. The van der Waals surface area contributed by atoms with Crippen LogP contribution in [0.3, 0.4) is 0 Å². The first-order chi connectivity index (χ1) is 17.5. The first-order valence-electron chi connectivity index (χ1n) is 11.3. The standard InChI is InChI=1S/C25H22ClN7O3/c1-2-21(34)33-12-4-5-16(14-33)25-30-23(32-36-25)15-8-10-17(11-9-15)28-24(35)20-7-3-6-19(29-20)22-18(26)13-27-31-22/h2-3,6-11,13,16H,1,4-5,12,14H2,(H,27,31)(H,28,35). The zero-order chi connectivity index (χ0) is 25.1. The molecule has 0 aliphatic carbocycles. The van der Waals surface area contributed by atoms with E-state index in [2.05, 4.69) is 37.2 Å².